The molecule has 0 bridgehead atoms. The molecule has 5 heteroatoms. The van der Waals surface area contributed by atoms with Crippen LogP contribution in [0.3, 0.4) is 0 Å². The molecule has 0 spiro atoms. The summed E-state index contributed by atoms with van der Waals surface area (Å²) in [5, 5.41) is 3.89. The Bertz CT molecular complexity index is 465. The third-order valence-electron chi connectivity index (χ3n) is 2.02. The zero-order chi connectivity index (χ0) is 10.8. The van der Waals surface area contributed by atoms with E-state index in [2.05, 4.69) is 16.1 Å². The van der Waals surface area contributed by atoms with Crippen LogP contribution in [-0.2, 0) is 0 Å². The molecule has 0 saturated heterocycles. The monoisotopic (exact) mass is 208 g/mol. The van der Waals surface area contributed by atoms with Gasteiger partial charge in [-0.05, 0) is 19.1 Å². The van der Waals surface area contributed by atoms with Gasteiger partial charge in [0.25, 0.3) is 6.43 Å². The zero-order valence-corrected chi connectivity index (χ0v) is 7.98. The van der Waals surface area contributed by atoms with Gasteiger partial charge in [-0.25, -0.2) is 18.4 Å². The van der Waals surface area contributed by atoms with Gasteiger partial charge in [-0.1, -0.05) is 0 Å². The van der Waals surface area contributed by atoms with E-state index in [0.717, 1.165) is 0 Å². The highest BCUT2D eigenvalue weighted by Gasteiger charge is 2.16. The second-order valence-corrected chi connectivity index (χ2v) is 3.00. The van der Waals surface area contributed by atoms with E-state index < -0.39 is 6.43 Å². The first-order chi connectivity index (χ1) is 7.20. The van der Waals surface area contributed by atoms with Gasteiger partial charge in [0.1, 0.15) is 0 Å². The third-order valence-corrected chi connectivity index (χ3v) is 2.02. The molecule has 77 valence electrons. The number of aromatic nitrogens is 3. The fourth-order valence-corrected chi connectivity index (χ4v) is 1.30. The molecule has 0 N–H and O–H groups in total. The van der Waals surface area contributed by atoms with E-state index in [1.807, 2.05) is 0 Å². The van der Waals surface area contributed by atoms with Crippen LogP contribution in [0.15, 0.2) is 24.5 Å². The SMILES string of the molecule is Cc1[c]cnn1-c1ncccc1C(F)F. The van der Waals surface area contributed by atoms with Crippen molar-refractivity contribution in [3.8, 4) is 5.82 Å². The lowest BCUT2D eigenvalue weighted by molar-refractivity contribution is 0.150. The minimum absolute atomic E-state index is 0.127. The van der Waals surface area contributed by atoms with Crippen LogP contribution in [0.4, 0.5) is 8.78 Å². The Morgan fingerprint density at radius 1 is 1.47 bits per heavy atom. The van der Waals surface area contributed by atoms with Gasteiger partial charge in [-0.2, -0.15) is 5.10 Å². The van der Waals surface area contributed by atoms with Gasteiger partial charge in [0.05, 0.1) is 17.5 Å². The molecule has 0 amide bonds. The van der Waals surface area contributed by atoms with Gasteiger partial charge in [0, 0.05) is 12.3 Å². The quantitative estimate of drug-likeness (QED) is 0.758. The van der Waals surface area contributed by atoms with Crippen molar-refractivity contribution < 1.29 is 8.78 Å². The summed E-state index contributed by atoms with van der Waals surface area (Å²) in [6.07, 6.45) is 0.332. The highest BCUT2D eigenvalue weighted by atomic mass is 19.3. The smallest absolute Gasteiger partial charge is 0.237 e. The highest BCUT2D eigenvalue weighted by Crippen LogP contribution is 2.23. The second kappa shape index (κ2) is 3.76. The Morgan fingerprint density at radius 3 is 2.87 bits per heavy atom. The fraction of sp³-hybridized carbons (Fsp3) is 0.200. The van der Waals surface area contributed by atoms with Crippen LogP contribution in [0.25, 0.3) is 5.82 Å². The van der Waals surface area contributed by atoms with E-state index in [-0.39, 0.29) is 11.4 Å². The summed E-state index contributed by atoms with van der Waals surface area (Å²) in [5.74, 6) is 0.159. The number of hydrogen-bond donors (Lipinski definition) is 0. The van der Waals surface area contributed by atoms with Gasteiger partial charge >= 0.3 is 0 Å². The lowest BCUT2D eigenvalue weighted by Gasteiger charge is -2.08. The molecular formula is C10H8F2N3. The second-order valence-electron chi connectivity index (χ2n) is 3.00. The van der Waals surface area contributed by atoms with Crippen LogP contribution in [0, 0.1) is 13.0 Å². The molecule has 0 saturated carbocycles. The highest BCUT2D eigenvalue weighted by molar-refractivity contribution is 5.34. The minimum atomic E-state index is -2.56. The zero-order valence-electron chi connectivity index (χ0n) is 7.98. The predicted octanol–water partition coefficient (Wildman–Crippen LogP) is 2.31. The molecule has 0 aromatic carbocycles. The molecule has 2 aromatic rings. The average molecular weight is 208 g/mol. The Balaban J connectivity index is 2.58. The van der Waals surface area contributed by atoms with Gasteiger partial charge in [0.2, 0.25) is 0 Å². The number of hydrogen-bond acceptors (Lipinski definition) is 2. The number of pyridine rings is 1. The van der Waals surface area contributed by atoms with Crippen LogP contribution >= 0.6 is 0 Å². The number of aryl methyl sites for hydroxylation is 1. The van der Waals surface area contributed by atoms with Crippen molar-refractivity contribution in [2.45, 2.75) is 13.3 Å². The maximum atomic E-state index is 12.7. The van der Waals surface area contributed by atoms with Crippen LogP contribution in [0.1, 0.15) is 17.7 Å². The van der Waals surface area contributed by atoms with E-state index in [4.69, 9.17) is 0 Å². The molecule has 2 heterocycles. The van der Waals surface area contributed by atoms with Crippen molar-refractivity contribution >= 4 is 0 Å². The Kier molecular flexibility index (Phi) is 2.45. The summed E-state index contributed by atoms with van der Waals surface area (Å²) in [7, 11) is 0. The maximum absolute atomic E-state index is 12.7. The van der Waals surface area contributed by atoms with E-state index in [9.17, 15) is 8.78 Å². The van der Waals surface area contributed by atoms with Crippen molar-refractivity contribution in [3.05, 3.63) is 41.9 Å². The summed E-state index contributed by atoms with van der Waals surface area (Å²) in [6, 6.07) is 5.62. The number of nitrogens with zero attached hydrogens (tertiary/aromatic N) is 3. The Morgan fingerprint density at radius 2 is 2.27 bits per heavy atom. The third kappa shape index (κ3) is 1.72. The first-order valence-corrected chi connectivity index (χ1v) is 4.36. The maximum Gasteiger partial charge on any atom is 0.267 e. The van der Waals surface area contributed by atoms with E-state index in [1.165, 1.54) is 29.2 Å². The molecule has 15 heavy (non-hydrogen) atoms. The van der Waals surface area contributed by atoms with Crippen molar-refractivity contribution in [1.82, 2.24) is 14.8 Å². The predicted molar refractivity (Wildman–Crippen MR) is 49.9 cm³/mol. The van der Waals surface area contributed by atoms with Crippen molar-refractivity contribution in [1.29, 1.82) is 0 Å². The van der Waals surface area contributed by atoms with Crippen LogP contribution in [0.2, 0.25) is 0 Å². The molecule has 0 aliphatic carbocycles. The summed E-state index contributed by atoms with van der Waals surface area (Å²) in [5.41, 5.74) is 0.522. The number of alkyl halides is 2. The molecule has 2 rings (SSSR count). The Labute approximate surface area is 85.4 Å². The lowest BCUT2D eigenvalue weighted by Crippen LogP contribution is -2.05. The van der Waals surface area contributed by atoms with Gasteiger partial charge in [0.15, 0.2) is 5.82 Å². The summed E-state index contributed by atoms with van der Waals surface area (Å²) in [6.45, 7) is 1.73. The number of rotatable bonds is 2. The topological polar surface area (TPSA) is 30.7 Å². The first kappa shape index (κ1) is 9.76. The first-order valence-electron chi connectivity index (χ1n) is 4.36. The normalized spacial score (nSPS) is 10.9. The molecule has 0 aliphatic heterocycles. The summed E-state index contributed by atoms with van der Waals surface area (Å²) < 4.78 is 26.7. The fourth-order valence-electron chi connectivity index (χ4n) is 1.30. The average Bonchev–Trinajstić information content (AvgIpc) is 2.64. The molecular weight excluding hydrogens is 200 g/mol. The van der Waals surface area contributed by atoms with Crippen molar-refractivity contribution in [2.24, 2.45) is 0 Å². The summed E-state index contributed by atoms with van der Waals surface area (Å²) >= 11 is 0. The van der Waals surface area contributed by atoms with Crippen molar-refractivity contribution in [3.63, 3.8) is 0 Å². The van der Waals surface area contributed by atoms with E-state index in [0.29, 0.717) is 5.69 Å². The van der Waals surface area contributed by atoms with Crippen LogP contribution in [0.5, 0.6) is 0 Å². The summed E-state index contributed by atoms with van der Waals surface area (Å²) in [4.78, 5) is 3.90. The molecule has 3 nitrogen and oxygen atoms in total. The van der Waals surface area contributed by atoms with Crippen LogP contribution in [-0.4, -0.2) is 14.8 Å². The Hall–Kier alpha value is -1.78. The standard InChI is InChI=1S/C10H8F2N3/c1-7-4-6-14-15(7)10-8(9(11)12)3-2-5-13-10/h2-3,5-6,9H,1H3. The molecule has 0 aliphatic rings. The molecule has 2 aromatic heterocycles. The van der Waals surface area contributed by atoms with Gasteiger partial charge in [-0.15, -0.1) is 0 Å². The molecule has 1 radical (unpaired) electrons. The van der Waals surface area contributed by atoms with Gasteiger partial charge in [-0.3, -0.25) is 0 Å². The molecule has 0 fully saturated rings. The molecule has 0 atom stereocenters. The van der Waals surface area contributed by atoms with Crippen LogP contribution < -0.4 is 0 Å². The van der Waals surface area contributed by atoms with Gasteiger partial charge < -0.3 is 0 Å². The van der Waals surface area contributed by atoms with E-state index in [1.54, 1.807) is 6.92 Å². The molecule has 0 unspecified atom stereocenters. The van der Waals surface area contributed by atoms with Crippen molar-refractivity contribution in [2.75, 3.05) is 0 Å². The largest absolute Gasteiger partial charge is 0.267 e. The number of halogens is 2. The lowest BCUT2D eigenvalue weighted by atomic mass is 10.2. The van der Waals surface area contributed by atoms with E-state index >= 15 is 0 Å². The minimum Gasteiger partial charge on any atom is -0.237 e.